The van der Waals surface area contributed by atoms with E-state index in [1.165, 1.54) is 0 Å². The van der Waals surface area contributed by atoms with Gasteiger partial charge in [-0.3, -0.25) is 0 Å². The maximum absolute atomic E-state index is 5.73. The van der Waals surface area contributed by atoms with E-state index in [4.69, 9.17) is 11.5 Å². The van der Waals surface area contributed by atoms with E-state index in [1.807, 2.05) is 42.5 Å². The van der Waals surface area contributed by atoms with Crippen molar-refractivity contribution in [2.75, 3.05) is 11.5 Å². The summed E-state index contributed by atoms with van der Waals surface area (Å²) >= 11 is 5.09. The summed E-state index contributed by atoms with van der Waals surface area (Å²) in [4.78, 5) is 2.30. The van der Waals surface area contributed by atoms with E-state index >= 15 is 0 Å². The number of nitrogen functional groups attached to an aromatic ring is 2. The summed E-state index contributed by atoms with van der Waals surface area (Å²) in [5.74, 6) is 0. The first-order chi connectivity index (χ1) is 7.65. The highest BCUT2D eigenvalue weighted by atomic mass is 79.9. The van der Waals surface area contributed by atoms with Crippen molar-refractivity contribution in [1.29, 1.82) is 0 Å². The second-order valence-electron chi connectivity index (χ2n) is 3.35. The van der Waals surface area contributed by atoms with Crippen molar-refractivity contribution in [3.8, 4) is 0 Å². The van der Waals surface area contributed by atoms with Crippen molar-refractivity contribution in [2.24, 2.45) is 0 Å². The van der Waals surface area contributed by atoms with Crippen LogP contribution < -0.4 is 11.5 Å². The Labute approximate surface area is 107 Å². The lowest BCUT2D eigenvalue weighted by Gasteiger charge is -2.04. The minimum atomic E-state index is 0.752. The van der Waals surface area contributed by atoms with Gasteiger partial charge in [0.15, 0.2) is 0 Å². The average molecular weight is 295 g/mol. The second kappa shape index (κ2) is 4.80. The van der Waals surface area contributed by atoms with Crippen molar-refractivity contribution in [1.82, 2.24) is 0 Å². The van der Waals surface area contributed by atoms with Crippen LogP contribution in [0, 0.1) is 0 Å². The summed E-state index contributed by atoms with van der Waals surface area (Å²) < 4.78 is 0.924. The molecule has 0 bridgehead atoms. The molecule has 0 saturated heterocycles. The van der Waals surface area contributed by atoms with E-state index < -0.39 is 0 Å². The van der Waals surface area contributed by atoms with Gasteiger partial charge in [-0.15, -0.1) is 0 Å². The molecular weight excluding hydrogens is 284 g/mol. The van der Waals surface area contributed by atoms with Crippen molar-refractivity contribution >= 4 is 39.1 Å². The maximum atomic E-state index is 5.73. The number of benzene rings is 2. The highest BCUT2D eigenvalue weighted by Gasteiger charge is 2.00. The minimum absolute atomic E-state index is 0.752. The molecule has 0 aliphatic carbocycles. The predicted octanol–water partition coefficient (Wildman–Crippen LogP) is 3.76. The maximum Gasteiger partial charge on any atom is 0.0459 e. The normalized spacial score (nSPS) is 10.3. The fraction of sp³-hybridized carbons (Fsp3) is 0. The van der Waals surface area contributed by atoms with Gasteiger partial charge in [0, 0.05) is 25.6 Å². The smallest absolute Gasteiger partial charge is 0.0459 e. The van der Waals surface area contributed by atoms with Crippen LogP contribution in [0.5, 0.6) is 0 Å². The Hall–Kier alpha value is -1.13. The van der Waals surface area contributed by atoms with Crippen LogP contribution in [0.25, 0.3) is 0 Å². The molecule has 0 amide bonds. The number of hydrogen-bond acceptors (Lipinski definition) is 3. The molecule has 0 atom stereocenters. The first-order valence-electron chi connectivity index (χ1n) is 4.73. The van der Waals surface area contributed by atoms with Crippen molar-refractivity contribution in [3.63, 3.8) is 0 Å². The number of rotatable bonds is 2. The lowest BCUT2D eigenvalue weighted by molar-refractivity contribution is 1.39. The zero-order valence-corrected chi connectivity index (χ0v) is 10.9. The van der Waals surface area contributed by atoms with Gasteiger partial charge in [-0.2, -0.15) is 0 Å². The summed E-state index contributed by atoms with van der Waals surface area (Å²) in [5, 5.41) is 0. The molecule has 0 spiro atoms. The third kappa shape index (κ3) is 2.71. The SMILES string of the molecule is Nc1ccc(Sc2ccc(N)c(Br)c2)cc1. The molecule has 2 rings (SSSR count). The lowest BCUT2D eigenvalue weighted by atomic mass is 10.3. The Morgan fingerprint density at radius 2 is 1.50 bits per heavy atom. The molecule has 0 radical (unpaired) electrons. The van der Waals surface area contributed by atoms with Crippen LogP contribution in [0.3, 0.4) is 0 Å². The van der Waals surface area contributed by atoms with Gasteiger partial charge in [-0.1, -0.05) is 11.8 Å². The van der Waals surface area contributed by atoms with Gasteiger partial charge < -0.3 is 11.5 Å². The van der Waals surface area contributed by atoms with Crippen LogP contribution in [-0.2, 0) is 0 Å². The predicted molar refractivity (Wildman–Crippen MR) is 73.5 cm³/mol. The van der Waals surface area contributed by atoms with E-state index in [0.29, 0.717) is 0 Å². The molecule has 0 heterocycles. The van der Waals surface area contributed by atoms with E-state index in [1.54, 1.807) is 11.8 Å². The van der Waals surface area contributed by atoms with Crippen LogP contribution in [-0.4, -0.2) is 0 Å². The van der Waals surface area contributed by atoms with E-state index in [2.05, 4.69) is 15.9 Å². The first kappa shape index (κ1) is 11.4. The van der Waals surface area contributed by atoms with Gasteiger partial charge in [0.2, 0.25) is 0 Å². The largest absolute Gasteiger partial charge is 0.399 e. The highest BCUT2D eigenvalue weighted by molar-refractivity contribution is 9.10. The van der Waals surface area contributed by atoms with E-state index in [-0.39, 0.29) is 0 Å². The molecule has 2 nitrogen and oxygen atoms in total. The van der Waals surface area contributed by atoms with E-state index in [9.17, 15) is 0 Å². The molecule has 0 unspecified atom stereocenters. The van der Waals surface area contributed by atoms with Crippen molar-refractivity contribution < 1.29 is 0 Å². The summed E-state index contributed by atoms with van der Waals surface area (Å²) in [6.45, 7) is 0. The molecule has 16 heavy (non-hydrogen) atoms. The third-order valence-electron chi connectivity index (χ3n) is 2.09. The van der Waals surface area contributed by atoms with Gasteiger partial charge in [0.25, 0.3) is 0 Å². The standard InChI is InChI=1S/C12H11BrN2S/c13-11-7-10(5-6-12(11)15)16-9-3-1-8(14)2-4-9/h1-7H,14-15H2. The number of hydrogen-bond donors (Lipinski definition) is 2. The third-order valence-corrected chi connectivity index (χ3v) is 3.77. The van der Waals surface area contributed by atoms with Gasteiger partial charge in [-0.25, -0.2) is 0 Å². The number of anilines is 2. The van der Waals surface area contributed by atoms with Crippen LogP contribution >= 0.6 is 27.7 Å². The molecule has 0 saturated carbocycles. The number of halogens is 1. The molecule has 4 N–H and O–H groups in total. The van der Waals surface area contributed by atoms with Crippen LogP contribution in [0.4, 0.5) is 11.4 Å². The van der Waals surface area contributed by atoms with E-state index in [0.717, 1.165) is 25.6 Å². The molecule has 4 heteroatoms. The summed E-state index contributed by atoms with van der Waals surface area (Å²) in [6, 6.07) is 13.7. The second-order valence-corrected chi connectivity index (χ2v) is 5.36. The molecular formula is C12H11BrN2S. The monoisotopic (exact) mass is 294 g/mol. The fourth-order valence-electron chi connectivity index (χ4n) is 1.24. The van der Waals surface area contributed by atoms with Gasteiger partial charge >= 0.3 is 0 Å². The quantitative estimate of drug-likeness (QED) is 0.829. The van der Waals surface area contributed by atoms with Gasteiger partial charge in [0.1, 0.15) is 0 Å². The van der Waals surface area contributed by atoms with Gasteiger partial charge in [0.05, 0.1) is 0 Å². The fourth-order valence-corrected chi connectivity index (χ4v) is 2.63. The Kier molecular flexibility index (Phi) is 3.41. The van der Waals surface area contributed by atoms with Crippen LogP contribution in [0.2, 0.25) is 0 Å². The molecule has 2 aromatic rings. The molecule has 0 aliphatic heterocycles. The molecule has 2 aromatic carbocycles. The zero-order valence-electron chi connectivity index (χ0n) is 8.48. The molecule has 0 aromatic heterocycles. The van der Waals surface area contributed by atoms with Crippen LogP contribution in [0.1, 0.15) is 0 Å². The topological polar surface area (TPSA) is 52.0 Å². The molecule has 0 fully saturated rings. The lowest BCUT2D eigenvalue weighted by Crippen LogP contribution is -1.86. The summed E-state index contributed by atoms with van der Waals surface area (Å²) in [7, 11) is 0. The number of nitrogens with two attached hydrogens (primary N) is 2. The Morgan fingerprint density at radius 1 is 0.875 bits per heavy atom. The van der Waals surface area contributed by atoms with Gasteiger partial charge in [-0.05, 0) is 58.4 Å². The zero-order chi connectivity index (χ0) is 11.5. The Balaban J connectivity index is 2.20. The Morgan fingerprint density at radius 3 is 2.12 bits per heavy atom. The molecule has 82 valence electrons. The van der Waals surface area contributed by atoms with Crippen LogP contribution in [0.15, 0.2) is 56.7 Å². The highest BCUT2D eigenvalue weighted by Crippen LogP contribution is 2.32. The summed E-state index contributed by atoms with van der Waals surface area (Å²) in [5.41, 5.74) is 12.9. The Bertz CT molecular complexity index is 497. The van der Waals surface area contributed by atoms with Crippen molar-refractivity contribution in [3.05, 3.63) is 46.9 Å². The average Bonchev–Trinajstić information content (AvgIpc) is 2.27. The first-order valence-corrected chi connectivity index (χ1v) is 6.34. The molecule has 0 aliphatic rings. The minimum Gasteiger partial charge on any atom is -0.399 e. The van der Waals surface area contributed by atoms with Crippen molar-refractivity contribution in [2.45, 2.75) is 9.79 Å². The summed E-state index contributed by atoms with van der Waals surface area (Å²) in [6.07, 6.45) is 0.